The topological polar surface area (TPSA) is 67.9 Å². The van der Waals surface area contributed by atoms with E-state index in [2.05, 4.69) is 6.07 Å². The summed E-state index contributed by atoms with van der Waals surface area (Å²) in [4.78, 5) is 14.5. The Kier molecular flexibility index (Phi) is 4.06. The SMILES string of the molecule is Cc1cc(C)c(N2C/C(=C/C#N)C[C@](C)(C#N)C2=O)c(C)c1. The lowest BCUT2D eigenvalue weighted by atomic mass is 9.79. The lowest BCUT2D eigenvalue weighted by molar-refractivity contribution is -0.125. The van der Waals surface area contributed by atoms with Crippen molar-refractivity contribution in [2.45, 2.75) is 34.1 Å². The second-order valence-electron chi connectivity index (χ2n) is 6.19. The first-order chi connectivity index (χ1) is 10.3. The zero-order valence-electron chi connectivity index (χ0n) is 13.4. The molecule has 0 bridgehead atoms. The molecule has 1 aromatic rings. The van der Waals surface area contributed by atoms with E-state index < -0.39 is 5.41 Å². The monoisotopic (exact) mass is 293 g/mol. The van der Waals surface area contributed by atoms with Crippen molar-refractivity contribution in [2.75, 3.05) is 11.4 Å². The second kappa shape index (κ2) is 5.66. The number of nitriles is 2. The summed E-state index contributed by atoms with van der Waals surface area (Å²) >= 11 is 0. The lowest BCUT2D eigenvalue weighted by Crippen LogP contribution is -2.48. The number of hydrogen-bond acceptors (Lipinski definition) is 3. The first-order valence-corrected chi connectivity index (χ1v) is 7.21. The molecule has 1 aliphatic heterocycles. The maximum absolute atomic E-state index is 12.8. The van der Waals surface area contributed by atoms with Gasteiger partial charge in [0.2, 0.25) is 5.91 Å². The van der Waals surface area contributed by atoms with Gasteiger partial charge in [-0.15, -0.1) is 0 Å². The molecule has 0 N–H and O–H groups in total. The highest BCUT2D eigenvalue weighted by Crippen LogP contribution is 2.38. The van der Waals surface area contributed by atoms with Gasteiger partial charge in [-0.25, -0.2) is 0 Å². The summed E-state index contributed by atoms with van der Waals surface area (Å²) in [5.74, 6) is -0.194. The lowest BCUT2D eigenvalue weighted by Gasteiger charge is -2.38. The molecular formula is C18H19N3O. The Bertz CT molecular complexity index is 726. The first kappa shape index (κ1) is 15.8. The van der Waals surface area contributed by atoms with Gasteiger partial charge >= 0.3 is 0 Å². The second-order valence-corrected chi connectivity index (χ2v) is 6.19. The minimum absolute atomic E-state index is 0.194. The fourth-order valence-electron chi connectivity index (χ4n) is 3.21. The molecule has 1 aromatic carbocycles. The largest absolute Gasteiger partial charge is 0.306 e. The number of benzene rings is 1. The van der Waals surface area contributed by atoms with Gasteiger partial charge < -0.3 is 4.90 Å². The van der Waals surface area contributed by atoms with Crippen LogP contribution in [-0.4, -0.2) is 12.5 Å². The number of hydrogen-bond donors (Lipinski definition) is 0. The molecular weight excluding hydrogens is 274 g/mol. The summed E-state index contributed by atoms with van der Waals surface area (Å²) < 4.78 is 0. The molecule has 0 aliphatic carbocycles. The molecule has 1 fully saturated rings. The predicted octanol–water partition coefficient (Wildman–Crippen LogP) is 3.33. The molecule has 1 saturated heterocycles. The summed E-state index contributed by atoms with van der Waals surface area (Å²) in [6, 6.07) is 8.20. The molecule has 1 aliphatic rings. The zero-order chi connectivity index (χ0) is 16.5. The van der Waals surface area contributed by atoms with Gasteiger partial charge in [-0.2, -0.15) is 10.5 Å². The molecule has 0 unspecified atom stereocenters. The van der Waals surface area contributed by atoms with Crippen LogP contribution in [0, 0.1) is 48.8 Å². The van der Waals surface area contributed by atoms with Crippen LogP contribution in [0.2, 0.25) is 0 Å². The Hall–Kier alpha value is -2.59. The molecule has 4 nitrogen and oxygen atoms in total. The average molecular weight is 293 g/mol. The van der Waals surface area contributed by atoms with Gasteiger partial charge in [0, 0.05) is 18.3 Å². The van der Waals surface area contributed by atoms with E-state index in [0.717, 1.165) is 28.0 Å². The van der Waals surface area contributed by atoms with E-state index in [1.807, 2.05) is 39.0 Å². The third-order valence-corrected chi connectivity index (χ3v) is 4.08. The van der Waals surface area contributed by atoms with Gasteiger partial charge in [0.25, 0.3) is 0 Å². The zero-order valence-corrected chi connectivity index (χ0v) is 13.4. The first-order valence-electron chi connectivity index (χ1n) is 7.21. The number of carbonyl (C=O) groups excluding carboxylic acids is 1. The van der Waals surface area contributed by atoms with Crippen LogP contribution < -0.4 is 4.90 Å². The number of anilines is 1. The molecule has 2 rings (SSSR count). The molecule has 0 aromatic heterocycles. The Balaban J connectivity index is 2.59. The third kappa shape index (κ3) is 2.61. The van der Waals surface area contributed by atoms with Crippen LogP contribution >= 0.6 is 0 Å². The summed E-state index contributed by atoms with van der Waals surface area (Å²) in [5.41, 5.74) is 3.68. The Morgan fingerprint density at radius 3 is 2.32 bits per heavy atom. The van der Waals surface area contributed by atoms with Crippen LogP contribution in [0.15, 0.2) is 23.8 Å². The summed E-state index contributed by atoms with van der Waals surface area (Å²) in [5, 5.41) is 18.4. The number of rotatable bonds is 1. The third-order valence-electron chi connectivity index (χ3n) is 4.08. The van der Waals surface area contributed by atoms with E-state index >= 15 is 0 Å². The van der Waals surface area contributed by atoms with E-state index in [1.54, 1.807) is 11.8 Å². The van der Waals surface area contributed by atoms with E-state index in [9.17, 15) is 10.1 Å². The minimum Gasteiger partial charge on any atom is -0.306 e. The smallest absolute Gasteiger partial charge is 0.247 e. The molecule has 112 valence electrons. The van der Waals surface area contributed by atoms with Crippen LogP contribution in [0.4, 0.5) is 5.69 Å². The molecule has 4 heteroatoms. The molecule has 1 heterocycles. The number of aryl methyl sites for hydroxylation is 3. The Labute approximate surface area is 131 Å². The highest BCUT2D eigenvalue weighted by atomic mass is 16.2. The van der Waals surface area contributed by atoms with E-state index in [1.165, 1.54) is 6.08 Å². The van der Waals surface area contributed by atoms with Crippen LogP contribution in [0.25, 0.3) is 0 Å². The summed E-state index contributed by atoms with van der Waals surface area (Å²) in [6.45, 7) is 7.96. The van der Waals surface area contributed by atoms with Crippen molar-refractivity contribution in [3.63, 3.8) is 0 Å². The molecule has 1 amide bonds. The van der Waals surface area contributed by atoms with Crippen molar-refractivity contribution in [3.05, 3.63) is 40.5 Å². The number of nitrogens with zero attached hydrogens (tertiary/aromatic N) is 3. The predicted molar refractivity (Wildman–Crippen MR) is 85.0 cm³/mol. The maximum Gasteiger partial charge on any atom is 0.247 e. The highest BCUT2D eigenvalue weighted by molar-refractivity contribution is 6.02. The average Bonchev–Trinajstić information content (AvgIpc) is 2.43. The van der Waals surface area contributed by atoms with Gasteiger partial charge in [-0.1, -0.05) is 17.7 Å². The highest BCUT2D eigenvalue weighted by Gasteiger charge is 2.43. The molecule has 1 atom stereocenters. The van der Waals surface area contributed by atoms with E-state index in [0.29, 0.717) is 13.0 Å². The fraction of sp³-hybridized carbons (Fsp3) is 0.389. The number of allylic oxidation sites excluding steroid dienone is 1. The van der Waals surface area contributed by atoms with Gasteiger partial charge in [-0.3, -0.25) is 4.79 Å². The molecule has 0 spiro atoms. The van der Waals surface area contributed by atoms with Gasteiger partial charge in [-0.05, 0) is 50.8 Å². The van der Waals surface area contributed by atoms with E-state index in [-0.39, 0.29) is 5.91 Å². The van der Waals surface area contributed by atoms with Crippen LogP contribution in [-0.2, 0) is 4.79 Å². The van der Waals surface area contributed by atoms with Crippen molar-refractivity contribution in [3.8, 4) is 12.1 Å². The quantitative estimate of drug-likeness (QED) is 0.746. The summed E-state index contributed by atoms with van der Waals surface area (Å²) in [6.07, 6.45) is 1.77. The van der Waals surface area contributed by atoms with Crippen molar-refractivity contribution in [1.29, 1.82) is 10.5 Å². The van der Waals surface area contributed by atoms with E-state index in [4.69, 9.17) is 5.26 Å². The van der Waals surface area contributed by atoms with Crippen molar-refractivity contribution in [2.24, 2.45) is 5.41 Å². The maximum atomic E-state index is 12.8. The van der Waals surface area contributed by atoms with Crippen molar-refractivity contribution in [1.82, 2.24) is 0 Å². The normalized spacial score (nSPS) is 23.3. The van der Waals surface area contributed by atoms with Gasteiger partial charge in [0.15, 0.2) is 0 Å². The summed E-state index contributed by atoms with van der Waals surface area (Å²) in [7, 11) is 0. The Morgan fingerprint density at radius 1 is 1.23 bits per heavy atom. The Morgan fingerprint density at radius 2 is 1.82 bits per heavy atom. The number of amides is 1. The van der Waals surface area contributed by atoms with Gasteiger partial charge in [0.05, 0.1) is 12.1 Å². The number of piperidine rings is 1. The fourth-order valence-corrected chi connectivity index (χ4v) is 3.21. The molecule has 0 saturated carbocycles. The molecule has 0 radical (unpaired) electrons. The van der Waals surface area contributed by atoms with Crippen LogP contribution in [0.1, 0.15) is 30.0 Å². The van der Waals surface area contributed by atoms with Crippen molar-refractivity contribution >= 4 is 11.6 Å². The van der Waals surface area contributed by atoms with Crippen LogP contribution in [0.5, 0.6) is 0 Å². The number of carbonyl (C=O) groups is 1. The van der Waals surface area contributed by atoms with Crippen LogP contribution in [0.3, 0.4) is 0 Å². The van der Waals surface area contributed by atoms with Gasteiger partial charge in [0.1, 0.15) is 5.41 Å². The van der Waals surface area contributed by atoms with Crippen molar-refractivity contribution < 1.29 is 4.79 Å². The minimum atomic E-state index is -1.12. The standard InChI is InChI=1S/C18H19N3O/c1-12-7-13(2)16(14(3)8-12)21-10-15(5-6-19)9-18(4,11-20)17(21)22/h5,7-8H,9-10H2,1-4H3/b15-5+/t18-/m1/s1. The molecule has 22 heavy (non-hydrogen) atoms.